The molecule has 2 aromatic carbocycles. The van der Waals surface area contributed by atoms with Crippen LogP contribution in [0.25, 0.3) is 11.3 Å². The predicted molar refractivity (Wildman–Crippen MR) is 141 cm³/mol. The molecule has 4 rings (SSSR count). The van der Waals surface area contributed by atoms with Gasteiger partial charge in [0.25, 0.3) is 0 Å². The van der Waals surface area contributed by atoms with Crippen LogP contribution < -0.4 is 11.1 Å². The Hall–Kier alpha value is -4.29. The summed E-state index contributed by atoms with van der Waals surface area (Å²) in [5.74, 6) is -2.44. The molecule has 2 heterocycles. The molecule has 9 heteroatoms. The molecule has 3 aromatic rings. The fourth-order valence-electron chi connectivity index (χ4n) is 5.02. The van der Waals surface area contributed by atoms with E-state index in [0.29, 0.717) is 60.6 Å². The molecule has 0 saturated carbocycles. The lowest BCUT2D eigenvalue weighted by Gasteiger charge is -2.35. The summed E-state index contributed by atoms with van der Waals surface area (Å²) < 4.78 is 13.7. The zero-order valence-electron chi connectivity index (χ0n) is 20.9. The topological polar surface area (TPSA) is 132 Å². The van der Waals surface area contributed by atoms with Gasteiger partial charge < -0.3 is 21.1 Å². The van der Waals surface area contributed by atoms with Crippen LogP contribution in [0.2, 0.25) is 0 Å². The second-order valence-electron chi connectivity index (χ2n) is 9.28. The van der Waals surface area contributed by atoms with E-state index in [1.165, 1.54) is 12.1 Å². The van der Waals surface area contributed by atoms with Gasteiger partial charge in [0.15, 0.2) is 0 Å². The van der Waals surface area contributed by atoms with Gasteiger partial charge in [0, 0.05) is 30.8 Å². The number of nitrogens with one attached hydrogen (secondary N) is 1. The van der Waals surface area contributed by atoms with E-state index in [1.807, 2.05) is 12.1 Å². The fraction of sp³-hybridized carbons (Fsp3) is 0.310. The molecule has 1 aliphatic rings. The summed E-state index contributed by atoms with van der Waals surface area (Å²) in [4.78, 5) is 32.4. The normalized spacial score (nSPS) is 16.1. The van der Waals surface area contributed by atoms with Gasteiger partial charge in [-0.05, 0) is 49.1 Å². The van der Waals surface area contributed by atoms with Crippen LogP contribution in [0, 0.1) is 23.1 Å². The van der Waals surface area contributed by atoms with Crippen molar-refractivity contribution >= 4 is 17.6 Å². The summed E-state index contributed by atoms with van der Waals surface area (Å²) in [6, 6.07) is 19.0. The number of aliphatic hydroxyl groups is 1. The molecule has 2 atom stereocenters. The number of halogens is 1. The highest BCUT2D eigenvalue weighted by Gasteiger charge is 2.39. The molecule has 0 radical (unpaired) electrons. The molecule has 2 amide bonds. The number of aliphatic hydroxyl groups excluding tert-OH is 1. The van der Waals surface area contributed by atoms with Crippen LogP contribution >= 0.6 is 0 Å². The van der Waals surface area contributed by atoms with Crippen LogP contribution in [0.3, 0.4) is 0 Å². The van der Waals surface area contributed by atoms with Crippen LogP contribution in [-0.4, -0.2) is 53.0 Å². The number of pyridine rings is 1. The van der Waals surface area contributed by atoms with E-state index in [-0.39, 0.29) is 24.9 Å². The van der Waals surface area contributed by atoms with Gasteiger partial charge >= 0.3 is 0 Å². The Morgan fingerprint density at radius 3 is 2.79 bits per heavy atom. The largest absolute Gasteiger partial charge is 0.395 e. The second-order valence-corrected chi connectivity index (χ2v) is 9.28. The number of hydrogen-bond donors (Lipinski definition) is 3. The number of anilines is 1. The Kier molecular flexibility index (Phi) is 8.66. The molecule has 4 N–H and O–H groups in total. The van der Waals surface area contributed by atoms with Crippen molar-refractivity contribution in [1.29, 1.82) is 5.26 Å². The SMILES string of the molecule is N#Cc1ccccc1-c1ccc(C(C(N)=O)C2CCCN(CCO)C2=O)c(NCCc2cccc(F)c2)n1. The second kappa shape index (κ2) is 12.3. The number of amides is 2. The third kappa shape index (κ3) is 5.98. The van der Waals surface area contributed by atoms with Crippen molar-refractivity contribution in [3.63, 3.8) is 0 Å². The number of aromatic nitrogens is 1. The van der Waals surface area contributed by atoms with Crippen molar-refractivity contribution in [1.82, 2.24) is 9.88 Å². The van der Waals surface area contributed by atoms with E-state index < -0.39 is 17.7 Å². The number of hydrogen-bond acceptors (Lipinski definition) is 6. The van der Waals surface area contributed by atoms with Crippen LogP contribution in [-0.2, 0) is 16.0 Å². The molecule has 8 nitrogen and oxygen atoms in total. The van der Waals surface area contributed by atoms with E-state index in [2.05, 4.69) is 11.4 Å². The number of nitrogens with two attached hydrogens (primary N) is 1. The van der Waals surface area contributed by atoms with E-state index in [1.54, 1.807) is 41.3 Å². The number of carbonyl (C=O) groups excluding carboxylic acids is 2. The molecule has 196 valence electrons. The first-order valence-corrected chi connectivity index (χ1v) is 12.6. The maximum Gasteiger partial charge on any atom is 0.226 e. The van der Waals surface area contributed by atoms with Gasteiger partial charge in [-0.2, -0.15) is 5.26 Å². The van der Waals surface area contributed by atoms with Gasteiger partial charge in [0.1, 0.15) is 11.6 Å². The van der Waals surface area contributed by atoms with Crippen LogP contribution in [0.1, 0.15) is 35.4 Å². The summed E-state index contributed by atoms with van der Waals surface area (Å²) in [7, 11) is 0. The number of primary amides is 1. The third-order valence-corrected chi connectivity index (χ3v) is 6.83. The average Bonchev–Trinajstić information content (AvgIpc) is 2.91. The zero-order valence-corrected chi connectivity index (χ0v) is 20.9. The van der Waals surface area contributed by atoms with Crippen molar-refractivity contribution in [2.24, 2.45) is 11.7 Å². The monoisotopic (exact) mass is 515 g/mol. The smallest absolute Gasteiger partial charge is 0.226 e. The molecule has 1 aromatic heterocycles. The van der Waals surface area contributed by atoms with E-state index in [9.17, 15) is 24.3 Å². The molecule has 1 fully saturated rings. The van der Waals surface area contributed by atoms with Gasteiger partial charge in [-0.25, -0.2) is 9.37 Å². The minimum Gasteiger partial charge on any atom is -0.395 e. The highest BCUT2D eigenvalue weighted by atomic mass is 19.1. The minimum absolute atomic E-state index is 0.166. The van der Waals surface area contributed by atoms with Crippen molar-refractivity contribution in [3.05, 3.63) is 83.2 Å². The lowest BCUT2D eigenvalue weighted by molar-refractivity contribution is -0.142. The van der Waals surface area contributed by atoms with Crippen molar-refractivity contribution in [2.45, 2.75) is 25.2 Å². The first-order valence-electron chi connectivity index (χ1n) is 12.6. The highest BCUT2D eigenvalue weighted by Crippen LogP contribution is 2.37. The average molecular weight is 516 g/mol. The van der Waals surface area contributed by atoms with E-state index >= 15 is 0 Å². The highest BCUT2D eigenvalue weighted by molar-refractivity contribution is 5.92. The van der Waals surface area contributed by atoms with E-state index in [0.717, 1.165) is 5.56 Å². The third-order valence-electron chi connectivity index (χ3n) is 6.83. The Bertz CT molecular complexity index is 1350. The Morgan fingerprint density at radius 2 is 2.05 bits per heavy atom. The summed E-state index contributed by atoms with van der Waals surface area (Å²) in [6.45, 7) is 0.929. The standard InChI is InChI=1S/C29H30FN5O3/c30-21-7-3-5-19(17-21)12-13-33-28-23(10-11-25(34-28)22-8-2-1-6-20(22)18-31)26(27(32)37)24-9-4-14-35(15-16-36)29(24)38/h1-3,5-8,10-11,17,24,26,36H,4,9,12-16H2,(H2,32,37)(H,33,34). The van der Waals surface area contributed by atoms with Crippen LogP contribution in [0.5, 0.6) is 0 Å². The van der Waals surface area contributed by atoms with Crippen molar-refractivity contribution in [3.8, 4) is 17.3 Å². The number of benzene rings is 2. The number of nitriles is 1. The number of carbonyl (C=O) groups is 2. The first-order chi connectivity index (χ1) is 18.4. The summed E-state index contributed by atoms with van der Waals surface area (Å²) in [5.41, 5.74) is 8.77. The molecule has 38 heavy (non-hydrogen) atoms. The van der Waals surface area contributed by atoms with Gasteiger partial charge in [-0.1, -0.05) is 36.4 Å². The maximum absolute atomic E-state index is 13.7. The minimum atomic E-state index is -0.937. The Labute approximate surface area is 220 Å². The van der Waals surface area contributed by atoms with Crippen LogP contribution in [0.15, 0.2) is 60.7 Å². The lowest BCUT2D eigenvalue weighted by atomic mass is 9.79. The molecular weight excluding hydrogens is 485 g/mol. The molecular formula is C29H30FN5O3. The Balaban J connectivity index is 1.72. The number of likely N-dealkylation sites (tertiary alicyclic amines) is 1. The quantitative estimate of drug-likeness (QED) is 0.380. The molecule has 0 bridgehead atoms. The van der Waals surface area contributed by atoms with Crippen molar-refractivity contribution < 1.29 is 19.1 Å². The van der Waals surface area contributed by atoms with Gasteiger partial charge in [-0.3, -0.25) is 9.59 Å². The zero-order chi connectivity index (χ0) is 27.1. The summed E-state index contributed by atoms with van der Waals surface area (Å²) in [5, 5.41) is 22.2. The van der Waals surface area contributed by atoms with Crippen LogP contribution in [0.4, 0.5) is 10.2 Å². The van der Waals surface area contributed by atoms with Crippen molar-refractivity contribution in [2.75, 3.05) is 31.6 Å². The first kappa shape index (κ1) is 26.8. The van der Waals surface area contributed by atoms with Gasteiger partial charge in [0.05, 0.1) is 35.8 Å². The van der Waals surface area contributed by atoms with Gasteiger partial charge in [0.2, 0.25) is 11.8 Å². The molecule has 1 saturated heterocycles. The Morgan fingerprint density at radius 1 is 1.24 bits per heavy atom. The summed E-state index contributed by atoms with van der Waals surface area (Å²) >= 11 is 0. The predicted octanol–water partition coefficient (Wildman–Crippen LogP) is 3.21. The van der Waals surface area contributed by atoms with Gasteiger partial charge in [-0.15, -0.1) is 0 Å². The number of nitrogens with zero attached hydrogens (tertiary/aromatic N) is 3. The number of piperidine rings is 1. The number of rotatable bonds is 10. The molecule has 0 aliphatic carbocycles. The van der Waals surface area contributed by atoms with E-state index in [4.69, 9.17) is 10.7 Å². The molecule has 2 unspecified atom stereocenters. The summed E-state index contributed by atoms with van der Waals surface area (Å²) in [6.07, 6.45) is 1.66. The fourth-order valence-corrected chi connectivity index (χ4v) is 5.02. The number of β-amino-alcohol motifs (C(OH)–C–C–N with tert-alkyl or cyclic N) is 1. The lowest BCUT2D eigenvalue weighted by Crippen LogP contribution is -2.47. The molecule has 1 aliphatic heterocycles. The maximum atomic E-state index is 13.7. The molecule has 0 spiro atoms.